The molecule has 0 spiro atoms. The number of nitrogens with one attached hydrogen (secondary N) is 1. The number of ketones is 1. The molecule has 0 bridgehead atoms. The minimum atomic E-state index is -1.35. The number of hydrogen-bond acceptors (Lipinski definition) is 3. The second-order valence-corrected chi connectivity index (χ2v) is 4.98. The topological polar surface area (TPSA) is 83.5 Å². The molecular weight excluding hydrogens is 368 g/mol. The highest BCUT2D eigenvalue weighted by molar-refractivity contribution is 14.1. The van der Waals surface area contributed by atoms with Gasteiger partial charge >= 0.3 is 5.97 Å². The molecule has 102 valence electrons. The van der Waals surface area contributed by atoms with Gasteiger partial charge in [0.2, 0.25) is 0 Å². The van der Waals surface area contributed by atoms with Gasteiger partial charge in [-0.3, -0.25) is 14.4 Å². The van der Waals surface area contributed by atoms with Crippen LogP contribution in [0.2, 0.25) is 0 Å². The van der Waals surface area contributed by atoms with Gasteiger partial charge in [-0.1, -0.05) is 6.07 Å². The predicted octanol–water partition coefficient (Wildman–Crippen LogP) is 1.40. The summed E-state index contributed by atoms with van der Waals surface area (Å²) in [6, 6.07) is 5.18. The molecule has 0 aliphatic carbocycles. The summed E-state index contributed by atoms with van der Waals surface area (Å²) >= 11 is 2.01. The van der Waals surface area contributed by atoms with Crippen LogP contribution in [-0.2, 0) is 9.59 Å². The summed E-state index contributed by atoms with van der Waals surface area (Å²) in [5, 5.41) is 10.9. The number of carbonyl (C=O) groups is 3. The smallest absolute Gasteiger partial charge is 0.305 e. The number of halogens is 2. The maximum Gasteiger partial charge on any atom is 0.305 e. The number of amides is 1. The molecule has 0 radical (unpaired) electrons. The van der Waals surface area contributed by atoms with Gasteiger partial charge in [-0.15, -0.1) is 0 Å². The van der Waals surface area contributed by atoms with Gasteiger partial charge in [-0.05, 0) is 40.8 Å². The van der Waals surface area contributed by atoms with E-state index < -0.39 is 36.8 Å². The van der Waals surface area contributed by atoms with Crippen molar-refractivity contribution in [2.75, 3.05) is 6.67 Å². The standard InChI is InChI=1S/C12H11FINO4/c13-6-10(16)9(5-11(17)18)15-12(19)7-2-1-3-8(14)4-7/h1-4,9H,5-6H2,(H,15,19)(H,17,18). The minimum absolute atomic E-state index is 0.286. The molecule has 0 heterocycles. The summed E-state index contributed by atoms with van der Waals surface area (Å²) in [5.41, 5.74) is 0.286. The molecule has 0 aliphatic rings. The highest BCUT2D eigenvalue weighted by Crippen LogP contribution is 2.08. The third kappa shape index (κ3) is 4.93. The Kier molecular flexibility index (Phi) is 5.87. The molecule has 1 aromatic carbocycles. The van der Waals surface area contributed by atoms with Crippen molar-refractivity contribution in [2.45, 2.75) is 12.5 Å². The van der Waals surface area contributed by atoms with E-state index in [1.807, 2.05) is 22.6 Å². The Hall–Kier alpha value is -1.51. The van der Waals surface area contributed by atoms with Crippen molar-refractivity contribution < 1.29 is 23.9 Å². The molecule has 0 fully saturated rings. The molecule has 2 N–H and O–H groups in total. The first kappa shape index (κ1) is 15.5. The van der Waals surface area contributed by atoms with Crippen LogP contribution in [0.15, 0.2) is 24.3 Å². The van der Waals surface area contributed by atoms with Crippen molar-refractivity contribution in [3.8, 4) is 0 Å². The zero-order valence-corrected chi connectivity index (χ0v) is 11.9. The van der Waals surface area contributed by atoms with E-state index in [1.165, 1.54) is 6.07 Å². The molecule has 1 amide bonds. The van der Waals surface area contributed by atoms with E-state index >= 15 is 0 Å². The number of rotatable bonds is 6. The molecule has 5 nitrogen and oxygen atoms in total. The van der Waals surface area contributed by atoms with Gasteiger partial charge in [0.25, 0.3) is 5.91 Å². The molecule has 1 atom stereocenters. The number of carboxylic acids is 1. The Bertz CT molecular complexity index is 506. The van der Waals surface area contributed by atoms with Gasteiger partial charge in [0.1, 0.15) is 12.7 Å². The van der Waals surface area contributed by atoms with Crippen molar-refractivity contribution in [1.29, 1.82) is 0 Å². The third-order valence-electron chi connectivity index (χ3n) is 2.29. The van der Waals surface area contributed by atoms with Crippen LogP contribution < -0.4 is 5.32 Å². The molecule has 0 aromatic heterocycles. The van der Waals surface area contributed by atoms with Crippen LogP contribution in [0.5, 0.6) is 0 Å². The lowest BCUT2D eigenvalue weighted by Crippen LogP contribution is -2.43. The molecule has 1 aromatic rings. The quantitative estimate of drug-likeness (QED) is 0.733. The number of carbonyl (C=O) groups excluding carboxylic acids is 2. The maximum absolute atomic E-state index is 12.3. The van der Waals surface area contributed by atoms with Gasteiger partial charge in [-0.2, -0.15) is 0 Å². The van der Waals surface area contributed by atoms with Gasteiger partial charge in [-0.25, -0.2) is 4.39 Å². The van der Waals surface area contributed by atoms with Gasteiger partial charge in [0.05, 0.1) is 6.42 Å². The van der Waals surface area contributed by atoms with Gasteiger partial charge < -0.3 is 10.4 Å². The minimum Gasteiger partial charge on any atom is -0.481 e. The van der Waals surface area contributed by atoms with E-state index in [0.29, 0.717) is 0 Å². The molecular formula is C12H11FINO4. The lowest BCUT2D eigenvalue weighted by molar-refractivity contribution is -0.139. The summed E-state index contributed by atoms with van der Waals surface area (Å²) in [6.07, 6.45) is -0.640. The van der Waals surface area contributed by atoms with E-state index in [2.05, 4.69) is 5.32 Å². The Morgan fingerprint density at radius 1 is 1.37 bits per heavy atom. The average molecular weight is 379 g/mol. The van der Waals surface area contributed by atoms with Crippen molar-refractivity contribution in [3.63, 3.8) is 0 Å². The Balaban J connectivity index is 2.81. The number of aliphatic carboxylic acids is 1. The number of carboxylic acid groups (broad SMARTS) is 1. The van der Waals surface area contributed by atoms with E-state index in [0.717, 1.165) is 3.57 Å². The summed E-state index contributed by atoms with van der Waals surface area (Å²) in [5.74, 6) is -2.84. The first-order chi connectivity index (χ1) is 8.93. The highest BCUT2D eigenvalue weighted by atomic mass is 127. The monoisotopic (exact) mass is 379 g/mol. The second kappa shape index (κ2) is 7.17. The maximum atomic E-state index is 12.3. The largest absolute Gasteiger partial charge is 0.481 e. The summed E-state index contributed by atoms with van der Waals surface area (Å²) < 4.78 is 13.1. The average Bonchev–Trinajstić information content (AvgIpc) is 2.36. The fourth-order valence-electron chi connectivity index (χ4n) is 1.38. The lowest BCUT2D eigenvalue weighted by atomic mass is 10.1. The number of alkyl halides is 1. The van der Waals surface area contributed by atoms with E-state index in [4.69, 9.17) is 5.11 Å². The number of benzene rings is 1. The molecule has 0 saturated heterocycles. The number of Topliss-reactive ketones (excluding diaryl/α,β-unsaturated/α-hetero) is 1. The van der Waals surface area contributed by atoms with Crippen LogP contribution in [0.4, 0.5) is 4.39 Å². The van der Waals surface area contributed by atoms with Crippen molar-refractivity contribution in [3.05, 3.63) is 33.4 Å². The van der Waals surface area contributed by atoms with E-state index in [9.17, 15) is 18.8 Å². The van der Waals surface area contributed by atoms with Crippen LogP contribution in [0.25, 0.3) is 0 Å². The Morgan fingerprint density at radius 2 is 2.05 bits per heavy atom. The number of hydrogen-bond donors (Lipinski definition) is 2. The Labute approximate surface area is 122 Å². The van der Waals surface area contributed by atoms with Crippen molar-refractivity contribution in [1.82, 2.24) is 5.32 Å². The van der Waals surface area contributed by atoms with Gasteiger partial charge in [0, 0.05) is 9.13 Å². The summed E-state index contributed by atoms with van der Waals surface area (Å²) in [6.45, 7) is -1.31. The normalized spacial score (nSPS) is 11.7. The van der Waals surface area contributed by atoms with Crippen LogP contribution >= 0.6 is 22.6 Å². The second-order valence-electron chi connectivity index (χ2n) is 3.73. The Morgan fingerprint density at radius 3 is 2.58 bits per heavy atom. The molecule has 1 unspecified atom stereocenters. The first-order valence-corrected chi connectivity index (χ1v) is 6.39. The van der Waals surface area contributed by atoms with E-state index in [1.54, 1.807) is 18.2 Å². The fraction of sp³-hybridized carbons (Fsp3) is 0.250. The SMILES string of the molecule is O=C(O)CC(NC(=O)c1cccc(I)c1)C(=O)CF. The third-order valence-corrected chi connectivity index (χ3v) is 2.96. The van der Waals surface area contributed by atoms with Crippen molar-refractivity contribution in [2.24, 2.45) is 0 Å². The lowest BCUT2D eigenvalue weighted by Gasteiger charge is -2.14. The van der Waals surface area contributed by atoms with Gasteiger partial charge in [0.15, 0.2) is 5.78 Å². The molecule has 19 heavy (non-hydrogen) atoms. The summed E-state index contributed by atoms with van der Waals surface area (Å²) in [4.78, 5) is 33.6. The van der Waals surface area contributed by atoms with Crippen LogP contribution in [0.1, 0.15) is 16.8 Å². The van der Waals surface area contributed by atoms with Crippen LogP contribution in [0, 0.1) is 3.57 Å². The summed E-state index contributed by atoms with van der Waals surface area (Å²) in [7, 11) is 0. The fourth-order valence-corrected chi connectivity index (χ4v) is 1.93. The predicted molar refractivity (Wildman–Crippen MR) is 73.6 cm³/mol. The van der Waals surface area contributed by atoms with E-state index in [-0.39, 0.29) is 5.56 Å². The van der Waals surface area contributed by atoms with Crippen LogP contribution in [-0.4, -0.2) is 35.5 Å². The highest BCUT2D eigenvalue weighted by Gasteiger charge is 2.23. The zero-order chi connectivity index (χ0) is 14.4. The zero-order valence-electron chi connectivity index (χ0n) is 9.73. The molecule has 0 saturated carbocycles. The molecule has 7 heteroatoms. The first-order valence-electron chi connectivity index (χ1n) is 5.31. The van der Waals surface area contributed by atoms with Crippen molar-refractivity contribution >= 4 is 40.3 Å². The molecule has 0 aliphatic heterocycles. The van der Waals surface area contributed by atoms with Crippen LogP contribution in [0.3, 0.4) is 0 Å². The molecule has 1 rings (SSSR count).